The molecule has 1 aromatic rings. The molecule has 2 aliphatic rings. The fourth-order valence-electron chi connectivity index (χ4n) is 3.28. The maximum Gasteiger partial charge on any atom is 0.196 e. The van der Waals surface area contributed by atoms with E-state index in [2.05, 4.69) is 4.99 Å². The second-order valence-corrected chi connectivity index (χ2v) is 7.90. The van der Waals surface area contributed by atoms with Crippen LogP contribution in [0.1, 0.15) is 18.4 Å². The Morgan fingerprint density at radius 1 is 1.35 bits per heavy atom. The molecule has 1 unspecified atom stereocenters. The third-order valence-corrected chi connectivity index (χ3v) is 6.07. The lowest BCUT2D eigenvalue weighted by molar-refractivity contribution is 0.434. The first kappa shape index (κ1) is 13.4. The number of guanidine groups is 1. The lowest BCUT2D eigenvalue weighted by Crippen LogP contribution is -2.58. The van der Waals surface area contributed by atoms with Crippen LogP contribution in [-0.4, -0.2) is 38.0 Å². The zero-order chi connectivity index (χ0) is 14.4. The molecule has 1 atom stereocenters. The molecule has 1 saturated heterocycles. The van der Waals surface area contributed by atoms with Gasteiger partial charge in [-0.15, -0.1) is 0 Å². The summed E-state index contributed by atoms with van der Waals surface area (Å²) < 4.78 is 24.1. The Hall–Kier alpha value is -1.56. The van der Waals surface area contributed by atoms with Crippen LogP contribution in [-0.2, 0) is 9.84 Å². The molecular weight excluding hydrogens is 274 g/mol. The molecule has 1 aromatic carbocycles. The molecule has 5 nitrogen and oxygen atoms in total. The number of hydrogen-bond acceptors (Lipinski definition) is 5. The molecule has 0 aromatic heterocycles. The van der Waals surface area contributed by atoms with Gasteiger partial charge in [-0.05, 0) is 31.4 Å². The number of benzene rings is 1. The topological polar surface area (TPSA) is 75.8 Å². The molecule has 0 amide bonds. The highest BCUT2D eigenvalue weighted by Gasteiger charge is 2.48. The number of nitrogens with zero attached hydrogens (tertiary/aromatic N) is 2. The molecule has 2 heterocycles. The Labute approximate surface area is 119 Å². The number of aryl methyl sites for hydroxylation is 1. The van der Waals surface area contributed by atoms with Crippen molar-refractivity contribution in [2.24, 2.45) is 10.7 Å². The molecule has 0 bridgehead atoms. The number of hydrogen-bond donors (Lipinski definition) is 1. The van der Waals surface area contributed by atoms with Gasteiger partial charge in [-0.25, -0.2) is 8.42 Å². The molecule has 1 spiro atoms. The van der Waals surface area contributed by atoms with Crippen molar-refractivity contribution in [2.45, 2.75) is 25.3 Å². The van der Waals surface area contributed by atoms with E-state index >= 15 is 0 Å². The van der Waals surface area contributed by atoms with Gasteiger partial charge in [0.1, 0.15) is 0 Å². The lowest BCUT2D eigenvalue weighted by Gasteiger charge is -2.42. The van der Waals surface area contributed by atoms with Gasteiger partial charge >= 0.3 is 0 Å². The number of para-hydroxylation sites is 1. The molecule has 6 heteroatoms. The average molecular weight is 293 g/mol. The van der Waals surface area contributed by atoms with E-state index in [-0.39, 0.29) is 11.5 Å². The molecule has 0 radical (unpaired) electrons. The summed E-state index contributed by atoms with van der Waals surface area (Å²) in [7, 11) is -3.02. The van der Waals surface area contributed by atoms with Gasteiger partial charge in [-0.3, -0.25) is 4.99 Å². The van der Waals surface area contributed by atoms with Crippen molar-refractivity contribution in [2.75, 3.05) is 23.0 Å². The highest BCUT2D eigenvalue weighted by Crippen LogP contribution is 2.37. The van der Waals surface area contributed by atoms with E-state index in [1.54, 1.807) is 0 Å². The van der Waals surface area contributed by atoms with Crippen molar-refractivity contribution in [1.82, 2.24) is 0 Å². The summed E-state index contributed by atoms with van der Waals surface area (Å²) in [6.07, 6.45) is 1.48. The van der Waals surface area contributed by atoms with Crippen molar-refractivity contribution >= 4 is 21.5 Å². The summed E-state index contributed by atoms with van der Waals surface area (Å²) in [4.78, 5) is 6.28. The Morgan fingerprint density at radius 3 is 2.80 bits per heavy atom. The van der Waals surface area contributed by atoms with E-state index in [0.29, 0.717) is 18.9 Å². The first-order valence-corrected chi connectivity index (χ1v) is 8.62. The number of aliphatic imine (C=N–C) groups is 1. The van der Waals surface area contributed by atoms with Gasteiger partial charge in [0, 0.05) is 5.69 Å². The third kappa shape index (κ3) is 2.08. The molecular formula is C14H19N3O2S. The van der Waals surface area contributed by atoms with Crippen LogP contribution in [0.5, 0.6) is 0 Å². The van der Waals surface area contributed by atoms with Crippen molar-refractivity contribution in [3.05, 3.63) is 29.8 Å². The summed E-state index contributed by atoms with van der Waals surface area (Å²) >= 11 is 0. The van der Waals surface area contributed by atoms with Crippen molar-refractivity contribution in [3.63, 3.8) is 0 Å². The molecule has 2 aliphatic heterocycles. The maximum atomic E-state index is 12.1. The largest absolute Gasteiger partial charge is 0.369 e. The molecule has 0 saturated carbocycles. The highest BCUT2D eigenvalue weighted by atomic mass is 32.2. The van der Waals surface area contributed by atoms with E-state index in [9.17, 15) is 8.42 Å². The predicted octanol–water partition coefficient (Wildman–Crippen LogP) is 1.08. The number of anilines is 1. The zero-order valence-electron chi connectivity index (χ0n) is 11.5. The summed E-state index contributed by atoms with van der Waals surface area (Å²) in [6.45, 7) is 2.47. The monoisotopic (exact) mass is 293 g/mol. The quantitative estimate of drug-likeness (QED) is 0.840. The summed E-state index contributed by atoms with van der Waals surface area (Å²) in [5, 5.41) is 0. The molecule has 2 N–H and O–H groups in total. The lowest BCUT2D eigenvalue weighted by atomic mass is 9.93. The first-order valence-electron chi connectivity index (χ1n) is 6.80. The minimum atomic E-state index is -3.02. The molecule has 3 rings (SSSR count). The van der Waals surface area contributed by atoms with E-state index in [0.717, 1.165) is 17.7 Å². The predicted molar refractivity (Wildman–Crippen MR) is 80.8 cm³/mol. The maximum absolute atomic E-state index is 12.1. The second kappa shape index (κ2) is 4.48. The smallest absolute Gasteiger partial charge is 0.196 e. The van der Waals surface area contributed by atoms with Crippen LogP contribution in [0.3, 0.4) is 0 Å². The summed E-state index contributed by atoms with van der Waals surface area (Å²) in [5.41, 5.74) is 7.60. The van der Waals surface area contributed by atoms with Gasteiger partial charge in [0.25, 0.3) is 0 Å². The number of sulfone groups is 1. The van der Waals surface area contributed by atoms with Crippen molar-refractivity contribution < 1.29 is 8.42 Å². The van der Waals surface area contributed by atoms with Crippen LogP contribution in [0, 0.1) is 6.92 Å². The number of rotatable bonds is 1. The van der Waals surface area contributed by atoms with Gasteiger partial charge in [0.2, 0.25) is 0 Å². The van der Waals surface area contributed by atoms with Crippen LogP contribution in [0.2, 0.25) is 0 Å². The van der Waals surface area contributed by atoms with Crippen LogP contribution in [0.15, 0.2) is 29.3 Å². The van der Waals surface area contributed by atoms with Gasteiger partial charge in [-0.2, -0.15) is 0 Å². The zero-order valence-corrected chi connectivity index (χ0v) is 12.4. The van der Waals surface area contributed by atoms with Gasteiger partial charge in [-0.1, -0.05) is 18.2 Å². The Kier molecular flexibility index (Phi) is 3.01. The highest BCUT2D eigenvalue weighted by molar-refractivity contribution is 7.91. The minimum Gasteiger partial charge on any atom is -0.369 e. The Morgan fingerprint density at radius 2 is 2.10 bits per heavy atom. The van der Waals surface area contributed by atoms with Gasteiger partial charge < -0.3 is 10.6 Å². The standard InChI is InChI=1S/C14H19N3O2S/c1-11-5-2-3-6-12(11)17-13(15)16-9-14(17)7-4-8-20(18,19)10-14/h2-3,5-6H,4,7-10H2,1H3,(H2,15,16). The van der Waals surface area contributed by atoms with Crippen LogP contribution < -0.4 is 10.6 Å². The molecule has 0 aliphatic carbocycles. The van der Waals surface area contributed by atoms with Crippen LogP contribution in [0.4, 0.5) is 5.69 Å². The van der Waals surface area contributed by atoms with Crippen LogP contribution >= 0.6 is 0 Å². The van der Waals surface area contributed by atoms with Crippen LogP contribution in [0.25, 0.3) is 0 Å². The van der Waals surface area contributed by atoms with E-state index in [4.69, 9.17) is 5.73 Å². The fraction of sp³-hybridized carbons (Fsp3) is 0.500. The molecule has 20 heavy (non-hydrogen) atoms. The molecule has 108 valence electrons. The number of nitrogens with two attached hydrogens (primary N) is 1. The van der Waals surface area contributed by atoms with E-state index in [1.165, 1.54) is 0 Å². The van der Waals surface area contributed by atoms with Crippen molar-refractivity contribution in [3.8, 4) is 0 Å². The Balaban J connectivity index is 2.07. The first-order chi connectivity index (χ1) is 9.44. The van der Waals surface area contributed by atoms with Crippen molar-refractivity contribution in [1.29, 1.82) is 0 Å². The second-order valence-electron chi connectivity index (χ2n) is 5.72. The minimum absolute atomic E-state index is 0.137. The van der Waals surface area contributed by atoms with Gasteiger partial charge in [0.05, 0.1) is 23.6 Å². The molecule has 1 fully saturated rings. The fourth-order valence-corrected chi connectivity index (χ4v) is 5.19. The third-order valence-electron chi connectivity index (χ3n) is 4.18. The normalized spacial score (nSPS) is 28.6. The summed E-state index contributed by atoms with van der Waals surface area (Å²) in [5.74, 6) is 0.839. The average Bonchev–Trinajstić information content (AvgIpc) is 2.66. The van der Waals surface area contributed by atoms with Gasteiger partial charge in [0.15, 0.2) is 15.8 Å². The summed E-state index contributed by atoms with van der Waals surface area (Å²) in [6, 6.07) is 7.89. The Bertz CT molecular complexity index is 669. The SMILES string of the molecule is Cc1ccccc1N1C(N)=NCC12CCCS(=O)(=O)C2. The van der Waals surface area contributed by atoms with E-state index in [1.807, 2.05) is 36.1 Å². The van der Waals surface area contributed by atoms with E-state index < -0.39 is 15.4 Å².